The standard InChI is InChI=1S/C14H13BFN3O5S/c1-19-13(9(5-18-19)17-6-20)25-10-4-7-2-3-8(16)11(14(21)22)12(7)24-15(10)23/h2-3,5-6,10,23H,4H2,1H3,(H,17,20)(H,21,22)/t10-/m0/s1. The zero-order valence-corrected chi connectivity index (χ0v) is 13.8. The van der Waals surface area contributed by atoms with Crippen molar-refractivity contribution in [3.63, 3.8) is 0 Å². The topological polar surface area (TPSA) is 114 Å². The number of aryl methyl sites for hydroxylation is 1. The molecule has 0 fully saturated rings. The molecule has 1 aliphatic rings. The molecule has 0 aliphatic carbocycles. The smallest absolute Gasteiger partial charge is 0.535 e. The number of carboxylic acid groups (broad SMARTS) is 1. The lowest BCUT2D eigenvalue weighted by Gasteiger charge is -2.28. The van der Waals surface area contributed by atoms with Crippen LogP contribution in [0, 0.1) is 5.82 Å². The fourth-order valence-corrected chi connectivity index (χ4v) is 3.74. The van der Waals surface area contributed by atoms with Gasteiger partial charge in [-0.2, -0.15) is 5.10 Å². The summed E-state index contributed by atoms with van der Waals surface area (Å²) in [6, 6.07) is 2.50. The Kier molecular flexibility index (Phi) is 4.68. The van der Waals surface area contributed by atoms with E-state index in [2.05, 4.69) is 10.4 Å². The first-order chi connectivity index (χ1) is 11.9. The minimum atomic E-state index is -1.46. The molecule has 0 saturated carbocycles. The molecule has 130 valence electrons. The Morgan fingerprint density at radius 3 is 3.04 bits per heavy atom. The van der Waals surface area contributed by atoms with Gasteiger partial charge in [-0.15, -0.1) is 11.8 Å². The van der Waals surface area contributed by atoms with Crippen LogP contribution >= 0.6 is 11.8 Å². The van der Waals surface area contributed by atoms with Crippen molar-refractivity contribution in [1.29, 1.82) is 0 Å². The largest absolute Gasteiger partial charge is 0.537 e. The van der Waals surface area contributed by atoms with Gasteiger partial charge in [-0.25, -0.2) is 9.18 Å². The molecule has 2 heterocycles. The van der Waals surface area contributed by atoms with Crippen molar-refractivity contribution in [3.05, 3.63) is 35.3 Å². The summed E-state index contributed by atoms with van der Waals surface area (Å²) in [6.45, 7) is 0. The number of amides is 1. The Balaban J connectivity index is 1.91. The van der Waals surface area contributed by atoms with Crippen molar-refractivity contribution < 1.29 is 28.8 Å². The van der Waals surface area contributed by atoms with Gasteiger partial charge in [0.1, 0.15) is 22.2 Å². The zero-order chi connectivity index (χ0) is 18.1. The van der Waals surface area contributed by atoms with E-state index in [0.29, 0.717) is 22.7 Å². The van der Waals surface area contributed by atoms with Gasteiger partial charge in [-0.05, 0) is 18.1 Å². The normalized spacial score (nSPS) is 16.1. The fourth-order valence-electron chi connectivity index (χ4n) is 2.58. The summed E-state index contributed by atoms with van der Waals surface area (Å²) in [5.74, 6) is -2.54. The number of anilines is 1. The molecule has 0 saturated heterocycles. The van der Waals surface area contributed by atoms with E-state index in [9.17, 15) is 19.0 Å². The van der Waals surface area contributed by atoms with E-state index in [1.54, 1.807) is 7.05 Å². The summed E-state index contributed by atoms with van der Waals surface area (Å²) in [4.78, 5) is 21.9. The van der Waals surface area contributed by atoms with Crippen LogP contribution in [0.5, 0.6) is 5.75 Å². The Bertz CT molecular complexity index is 846. The van der Waals surface area contributed by atoms with Gasteiger partial charge in [0, 0.05) is 7.05 Å². The maximum Gasteiger partial charge on any atom is 0.537 e. The molecule has 0 radical (unpaired) electrons. The van der Waals surface area contributed by atoms with Crippen LogP contribution < -0.4 is 9.97 Å². The van der Waals surface area contributed by atoms with Crippen molar-refractivity contribution in [2.24, 2.45) is 7.05 Å². The van der Waals surface area contributed by atoms with Crippen LogP contribution in [0.25, 0.3) is 0 Å². The number of rotatable bonds is 5. The number of hydrogen-bond acceptors (Lipinski definition) is 6. The minimum Gasteiger partial charge on any atom is -0.535 e. The highest BCUT2D eigenvalue weighted by Gasteiger charge is 2.39. The lowest BCUT2D eigenvalue weighted by atomic mass is 9.77. The molecule has 1 amide bonds. The van der Waals surface area contributed by atoms with Gasteiger partial charge in [0.15, 0.2) is 0 Å². The maximum atomic E-state index is 13.7. The molecule has 25 heavy (non-hydrogen) atoms. The summed E-state index contributed by atoms with van der Waals surface area (Å²) in [5.41, 5.74) is 0.364. The minimum absolute atomic E-state index is 0.159. The number of carboxylic acids is 1. The predicted molar refractivity (Wildman–Crippen MR) is 88.2 cm³/mol. The Labute approximate surface area is 146 Å². The van der Waals surface area contributed by atoms with Gasteiger partial charge in [-0.1, -0.05) is 6.07 Å². The van der Waals surface area contributed by atoms with Crippen molar-refractivity contribution in [2.75, 3.05) is 5.32 Å². The number of halogens is 1. The van der Waals surface area contributed by atoms with E-state index < -0.39 is 29.6 Å². The first kappa shape index (κ1) is 17.3. The average molecular weight is 365 g/mol. The van der Waals surface area contributed by atoms with Crippen molar-refractivity contribution in [1.82, 2.24) is 9.78 Å². The molecule has 8 nitrogen and oxygen atoms in total. The molecule has 0 spiro atoms. The molecule has 0 unspecified atom stereocenters. The summed E-state index contributed by atoms with van der Waals surface area (Å²) in [5, 5.41) is 26.1. The molecular weight excluding hydrogens is 352 g/mol. The molecule has 11 heteroatoms. The number of carbonyl (C=O) groups is 2. The molecule has 3 rings (SSSR count). The third-order valence-electron chi connectivity index (χ3n) is 3.74. The number of thioether (sulfide) groups is 1. The van der Waals surface area contributed by atoms with Gasteiger partial charge in [0.05, 0.1) is 17.0 Å². The lowest BCUT2D eigenvalue weighted by molar-refractivity contribution is -0.105. The Morgan fingerprint density at radius 1 is 1.60 bits per heavy atom. The highest BCUT2D eigenvalue weighted by atomic mass is 32.2. The van der Waals surface area contributed by atoms with Crippen LogP contribution in [0.2, 0.25) is 0 Å². The fraction of sp³-hybridized carbons (Fsp3) is 0.214. The summed E-state index contributed by atoms with van der Waals surface area (Å²) < 4.78 is 20.6. The van der Waals surface area contributed by atoms with Gasteiger partial charge in [0.2, 0.25) is 6.41 Å². The van der Waals surface area contributed by atoms with E-state index in [-0.39, 0.29) is 12.2 Å². The quantitative estimate of drug-likeness (QED) is 0.534. The summed E-state index contributed by atoms with van der Waals surface area (Å²) >= 11 is 1.22. The number of aromatic carboxylic acids is 1. The van der Waals surface area contributed by atoms with E-state index in [1.807, 2.05) is 0 Å². The van der Waals surface area contributed by atoms with Crippen LogP contribution in [-0.4, -0.2) is 44.6 Å². The molecular formula is C14H13BFN3O5S. The third kappa shape index (κ3) is 3.20. The number of benzene rings is 1. The van der Waals surface area contributed by atoms with Crippen molar-refractivity contribution in [3.8, 4) is 5.75 Å². The van der Waals surface area contributed by atoms with Gasteiger partial charge < -0.3 is 20.1 Å². The van der Waals surface area contributed by atoms with Crippen molar-refractivity contribution in [2.45, 2.75) is 16.6 Å². The SMILES string of the molecule is Cn1ncc(NC=O)c1S[C@H]1Cc2ccc(F)c(C(=O)O)c2OB1O. The molecule has 0 bridgehead atoms. The number of hydrogen-bond donors (Lipinski definition) is 3. The van der Waals surface area contributed by atoms with E-state index >= 15 is 0 Å². The average Bonchev–Trinajstić information content (AvgIpc) is 2.89. The monoisotopic (exact) mass is 365 g/mol. The second-order valence-corrected chi connectivity index (χ2v) is 6.56. The number of nitrogens with one attached hydrogen (secondary N) is 1. The first-order valence-electron chi connectivity index (χ1n) is 7.20. The van der Waals surface area contributed by atoms with Crippen LogP contribution in [-0.2, 0) is 18.3 Å². The van der Waals surface area contributed by atoms with Crippen molar-refractivity contribution >= 4 is 36.9 Å². The highest BCUT2D eigenvalue weighted by Crippen LogP contribution is 2.39. The predicted octanol–water partition coefficient (Wildman–Crippen LogP) is 0.941. The lowest BCUT2D eigenvalue weighted by Crippen LogP contribution is -2.41. The third-order valence-corrected chi connectivity index (χ3v) is 5.15. The van der Waals surface area contributed by atoms with Crippen LogP contribution in [0.4, 0.5) is 10.1 Å². The number of aromatic nitrogens is 2. The van der Waals surface area contributed by atoms with Gasteiger partial charge in [0.25, 0.3) is 0 Å². The van der Waals surface area contributed by atoms with Gasteiger partial charge >= 0.3 is 13.1 Å². The Hall–Kier alpha value is -2.53. The zero-order valence-electron chi connectivity index (χ0n) is 13.0. The van der Waals surface area contributed by atoms with E-state index in [1.165, 1.54) is 28.7 Å². The molecule has 2 aromatic rings. The number of carbonyl (C=O) groups excluding carboxylic acids is 1. The van der Waals surface area contributed by atoms with Crippen LogP contribution in [0.15, 0.2) is 23.4 Å². The maximum absolute atomic E-state index is 13.7. The number of fused-ring (bicyclic) bond motifs is 1. The van der Waals surface area contributed by atoms with Crippen LogP contribution in [0.3, 0.4) is 0 Å². The molecule has 1 aromatic heterocycles. The second kappa shape index (κ2) is 6.77. The highest BCUT2D eigenvalue weighted by molar-refractivity contribution is 8.01. The van der Waals surface area contributed by atoms with E-state index in [0.717, 1.165) is 6.07 Å². The van der Waals surface area contributed by atoms with Gasteiger partial charge in [-0.3, -0.25) is 9.48 Å². The van der Waals surface area contributed by atoms with E-state index in [4.69, 9.17) is 9.76 Å². The molecule has 1 aliphatic heterocycles. The Morgan fingerprint density at radius 2 is 2.36 bits per heavy atom. The second-order valence-electron chi connectivity index (χ2n) is 5.33. The first-order valence-corrected chi connectivity index (χ1v) is 8.08. The summed E-state index contributed by atoms with van der Waals surface area (Å²) in [6.07, 6.45) is 2.25. The van der Waals surface area contributed by atoms with Crippen LogP contribution in [0.1, 0.15) is 15.9 Å². The molecule has 1 atom stereocenters. The molecule has 1 aromatic carbocycles. The number of nitrogens with zero attached hydrogens (tertiary/aromatic N) is 2. The summed E-state index contributed by atoms with van der Waals surface area (Å²) in [7, 11) is 0.330. The molecule has 3 N–H and O–H groups in total.